The molecule has 0 atom stereocenters. The van der Waals surface area contributed by atoms with Crippen LogP contribution in [0.15, 0.2) is 23.1 Å². The number of sulfonamides is 1. The zero-order valence-corrected chi connectivity index (χ0v) is 12.5. The van der Waals surface area contributed by atoms with Gasteiger partial charge >= 0.3 is 0 Å². The third kappa shape index (κ3) is 2.19. The van der Waals surface area contributed by atoms with Gasteiger partial charge in [-0.15, -0.1) is 0 Å². The Morgan fingerprint density at radius 2 is 1.68 bits per heavy atom. The molecule has 1 saturated carbocycles. The van der Waals surface area contributed by atoms with E-state index in [1.165, 1.54) is 12.1 Å². The number of nitrogen functional groups attached to an aromatic ring is 1. The van der Waals surface area contributed by atoms with Crippen molar-refractivity contribution in [2.75, 3.05) is 11.1 Å². The third-order valence-corrected chi connectivity index (χ3v) is 5.58. The van der Waals surface area contributed by atoms with E-state index >= 15 is 0 Å². The first kappa shape index (κ1) is 14.1. The Balaban J connectivity index is 2.25. The predicted octanol–water partition coefficient (Wildman–Crippen LogP) is 1.76. The molecule has 1 aliphatic carbocycles. The molecule has 2 rings (SSSR count). The second-order valence-corrected chi connectivity index (χ2v) is 7.88. The molecule has 0 heterocycles. The van der Waals surface area contributed by atoms with Gasteiger partial charge in [0.25, 0.3) is 0 Å². The molecular formula is C13H21N3O2S. The Labute approximate surface area is 114 Å². The number of hydrogen-bond donors (Lipinski definition) is 3. The first-order valence-electron chi connectivity index (χ1n) is 6.17. The highest BCUT2D eigenvalue weighted by molar-refractivity contribution is 7.89. The summed E-state index contributed by atoms with van der Waals surface area (Å²) in [7, 11) is -3.71. The van der Waals surface area contributed by atoms with E-state index in [1.54, 1.807) is 6.07 Å². The van der Waals surface area contributed by atoms with Crippen LogP contribution >= 0.6 is 0 Å². The van der Waals surface area contributed by atoms with Crippen molar-refractivity contribution in [1.82, 2.24) is 0 Å². The molecule has 0 bridgehead atoms. The standard InChI is InChI=1S/C13H21N3O2S/c1-12(2)11(13(12,3)4)16-10-6-5-8(7-9(10)14)19(15,17)18/h5-7,11,16H,14H2,1-4H3,(H2,15,17,18). The second kappa shape index (κ2) is 3.86. The number of primary sulfonamides is 1. The Bertz CT molecular complexity index is 607. The predicted molar refractivity (Wildman–Crippen MR) is 77.2 cm³/mol. The summed E-state index contributed by atoms with van der Waals surface area (Å²) < 4.78 is 22.5. The van der Waals surface area contributed by atoms with Crippen LogP contribution < -0.4 is 16.2 Å². The lowest BCUT2D eigenvalue weighted by Crippen LogP contribution is -2.14. The van der Waals surface area contributed by atoms with Gasteiger partial charge in [0.2, 0.25) is 10.0 Å². The van der Waals surface area contributed by atoms with Crippen molar-refractivity contribution in [2.24, 2.45) is 16.0 Å². The van der Waals surface area contributed by atoms with E-state index in [9.17, 15) is 8.42 Å². The zero-order valence-electron chi connectivity index (χ0n) is 11.7. The third-order valence-electron chi connectivity index (χ3n) is 4.67. The van der Waals surface area contributed by atoms with Gasteiger partial charge in [-0.3, -0.25) is 0 Å². The normalized spacial score (nSPS) is 21.1. The van der Waals surface area contributed by atoms with Crippen LogP contribution in [0.25, 0.3) is 0 Å². The van der Waals surface area contributed by atoms with Gasteiger partial charge in [-0.05, 0) is 29.0 Å². The molecule has 1 aromatic carbocycles. The van der Waals surface area contributed by atoms with Gasteiger partial charge in [-0.25, -0.2) is 13.6 Å². The summed E-state index contributed by atoms with van der Waals surface area (Å²) in [5.41, 5.74) is 7.39. The van der Waals surface area contributed by atoms with E-state index in [0.29, 0.717) is 11.7 Å². The lowest BCUT2D eigenvalue weighted by atomic mass is 10.0. The van der Waals surface area contributed by atoms with E-state index in [1.807, 2.05) is 0 Å². The molecule has 1 aromatic rings. The van der Waals surface area contributed by atoms with Crippen LogP contribution in [0.1, 0.15) is 27.7 Å². The second-order valence-electron chi connectivity index (χ2n) is 6.31. The first-order chi connectivity index (χ1) is 8.48. The molecule has 6 heteroatoms. The van der Waals surface area contributed by atoms with Gasteiger partial charge < -0.3 is 11.1 Å². The van der Waals surface area contributed by atoms with Crippen molar-refractivity contribution < 1.29 is 8.42 Å². The van der Waals surface area contributed by atoms with E-state index in [2.05, 4.69) is 33.0 Å². The summed E-state index contributed by atoms with van der Waals surface area (Å²) in [6.45, 7) is 8.78. The van der Waals surface area contributed by atoms with Crippen molar-refractivity contribution in [3.63, 3.8) is 0 Å². The molecule has 0 radical (unpaired) electrons. The minimum atomic E-state index is -3.71. The maximum Gasteiger partial charge on any atom is 0.238 e. The molecule has 5 nitrogen and oxygen atoms in total. The fourth-order valence-corrected chi connectivity index (χ4v) is 3.11. The van der Waals surface area contributed by atoms with E-state index in [-0.39, 0.29) is 15.7 Å². The van der Waals surface area contributed by atoms with Crippen LogP contribution in [0, 0.1) is 10.8 Å². The van der Waals surface area contributed by atoms with Crippen LogP contribution in [-0.2, 0) is 10.0 Å². The van der Waals surface area contributed by atoms with Gasteiger partial charge in [0.1, 0.15) is 0 Å². The van der Waals surface area contributed by atoms with Crippen LogP contribution in [0.5, 0.6) is 0 Å². The van der Waals surface area contributed by atoms with Gasteiger partial charge in [0.05, 0.1) is 16.3 Å². The number of hydrogen-bond acceptors (Lipinski definition) is 4. The number of nitrogens with two attached hydrogens (primary N) is 2. The maximum absolute atomic E-state index is 11.2. The summed E-state index contributed by atoms with van der Waals surface area (Å²) in [5, 5.41) is 8.45. The van der Waals surface area contributed by atoms with Crippen LogP contribution in [0.2, 0.25) is 0 Å². The molecule has 0 unspecified atom stereocenters. The molecule has 106 valence electrons. The van der Waals surface area contributed by atoms with Crippen molar-refractivity contribution in [1.29, 1.82) is 0 Å². The average Bonchev–Trinajstić information content (AvgIpc) is 2.61. The molecule has 0 spiro atoms. The van der Waals surface area contributed by atoms with Gasteiger partial charge in [-0.2, -0.15) is 0 Å². The molecule has 1 aliphatic rings. The molecule has 0 saturated heterocycles. The minimum absolute atomic E-state index is 0.0323. The van der Waals surface area contributed by atoms with Crippen LogP contribution in [0.3, 0.4) is 0 Å². The summed E-state index contributed by atoms with van der Waals surface area (Å²) in [4.78, 5) is 0.0323. The molecule has 1 fully saturated rings. The fourth-order valence-electron chi connectivity index (χ4n) is 2.56. The monoisotopic (exact) mass is 283 g/mol. The SMILES string of the molecule is CC1(C)C(Nc2ccc(S(N)(=O)=O)cc2N)C1(C)C. The van der Waals surface area contributed by atoms with E-state index in [4.69, 9.17) is 10.9 Å². The molecule has 0 amide bonds. The molecule has 0 aliphatic heterocycles. The minimum Gasteiger partial charge on any atom is -0.397 e. The fraction of sp³-hybridized carbons (Fsp3) is 0.538. The summed E-state index contributed by atoms with van der Waals surface area (Å²) in [6.07, 6.45) is 0. The van der Waals surface area contributed by atoms with Crippen molar-refractivity contribution in [3.8, 4) is 0 Å². The number of nitrogens with one attached hydrogen (secondary N) is 1. The number of rotatable bonds is 3. The van der Waals surface area contributed by atoms with Gasteiger partial charge in [0, 0.05) is 6.04 Å². The average molecular weight is 283 g/mol. The number of benzene rings is 1. The van der Waals surface area contributed by atoms with Crippen LogP contribution in [0.4, 0.5) is 11.4 Å². The first-order valence-corrected chi connectivity index (χ1v) is 7.71. The Morgan fingerprint density at radius 3 is 2.05 bits per heavy atom. The molecule has 0 aromatic heterocycles. The maximum atomic E-state index is 11.2. The lowest BCUT2D eigenvalue weighted by Gasteiger charge is -2.12. The van der Waals surface area contributed by atoms with Crippen molar-refractivity contribution in [3.05, 3.63) is 18.2 Å². The van der Waals surface area contributed by atoms with Gasteiger partial charge in [-0.1, -0.05) is 27.7 Å². The molecule has 19 heavy (non-hydrogen) atoms. The van der Waals surface area contributed by atoms with Gasteiger partial charge in [0.15, 0.2) is 0 Å². The smallest absolute Gasteiger partial charge is 0.238 e. The summed E-state index contributed by atoms with van der Waals surface area (Å²) >= 11 is 0. The highest BCUT2D eigenvalue weighted by Gasteiger charge is 2.64. The number of anilines is 2. The Kier molecular flexibility index (Phi) is 2.88. The van der Waals surface area contributed by atoms with Crippen molar-refractivity contribution in [2.45, 2.75) is 38.6 Å². The highest BCUT2D eigenvalue weighted by atomic mass is 32.2. The molecular weight excluding hydrogens is 262 g/mol. The topological polar surface area (TPSA) is 98.2 Å². The van der Waals surface area contributed by atoms with Crippen molar-refractivity contribution >= 4 is 21.4 Å². The zero-order chi connectivity index (χ0) is 14.6. The lowest BCUT2D eigenvalue weighted by molar-refractivity contribution is 0.457. The quantitative estimate of drug-likeness (QED) is 0.736. The highest BCUT2D eigenvalue weighted by Crippen LogP contribution is 2.63. The van der Waals surface area contributed by atoms with Crippen LogP contribution in [-0.4, -0.2) is 14.5 Å². The molecule has 5 N–H and O–H groups in total. The largest absolute Gasteiger partial charge is 0.397 e. The summed E-state index contributed by atoms with van der Waals surface area (Å²) in [5.74, 6) is 0. The summed E-state index contributed by atoms with van der Waals surface area (Å²) in [6, 6.07) is 4.83. The Morgan fingerprint density at radius 1 is 1.16 bits per heavy atom. The Hall–Kier alpha value is -1.27. The van der Waals surface area contributed by atoms with E-state index in [0.717, 1.165) is 5.69 Å². The van der Waals surface area contributed by atoms with E-state index < -0.39 is 10.0 Å².